The largest absolute Gasteiger partial charge is 0.733 e. The second kappa shape index (κ2) is 7.10. The molecule has 1 heterocycles. The average Bonchev–Trinajstić information content (AvgIpc) is 2.99. The van der Waals surface area contributed by atoms with E-state index in [1.165, 1.54) is 12.1 Å². The van der Waals surface area contributed by atoms with Gasteiger partial charge in [0.15, 0.2) is 0 Å². The van der Waals surface area contributed by atoms with Crippen LogP contribution < -0.4 is 15.7 Å². The second-order valence-electron chi connectivity index (χ2n) is 5.56. The molecule has 0 aliphatic heterocycles. The molecule has 1 aromatic heterocycles. The Bertz CT molecular complexity index is 1070. The normalized spacial score (nSPS) is 10.1. The van der Waals surface area contributed by atoms with Crippen LogP contribution in [0.1, 0.15) is 11.1 Å². The zero-order valence-electron chi connectivity index (χ0n) is 14.2. The molecule has 3 N–H and O–H groups in total. The number of nitrogen functional groups attached to an aromatic ring is 1. The molecule has 2 aromatic carbocycles. The van der Waals surface area contributed by atoms with Crippen molar-refractivity contribution < 1.29 is 9.94 Å². The minimum absolute atomic E-state index is 0.0176. The minimum Gasteiger partial charge on any atom is -0.733 e. The fourth-order valence-electron chi connectivity index (χ4n) is 2.86. The first-order valence-corrected chi connectivity index (χ1v) is 7.77. The van der Waals surface area contributed by atoms with Crippen molar-refractivity contribution in [2.45, 2.75) is 0 Å². The molecule has 3 rings (SSSR count). The van der Waals surface area contributed by atoms with E-state index in [0.29, 0.717) is 22.7 Å². The molecule has 3 aromatic rings. The highest BCUT2D eigenvalue weighted by atomic mass is 16.8. The Morgan fingerprint density at radius 2 is 1.78 bits per heavy atom. The van der Waals surface area contributed by atoms with E-state index in [1.54, 1.807) is 48.1 Å². The fourth-order valence-corrected chi connectivity index (χ4v) is 2.86. The van der Waals surface area contributed by atoms with E-state index in [1.807, 2.05) is 12.1 Å². The second-order valence-corrected chi connectivity index (χ2v) is 5.56. The molecule has 0 saturated heterocycles. The molecule has 0 unspecified atom stereocenters. The highest BCUT2D eigenvalue weighted by Crippen LogP contribution is 2.37. The van der Waals surface area contributed by atoms with Gasteiger partial charge < -0.3 is 20.9 Å². The van der Waals surface area contributed by atoms with Crippen molar-refractivity contribution in [3.8, 4) is 34.8 Å². The van der Waals surface area contributed by atoms with Crippen molar-refractivity contribution in [1.82, 2.24) is 4.57 Å². The predicted octanol–water partition coefficient (Wildman–Crippen LogP) is 3.17. The molecule has 0 radical (unpaired) electrons. The number of hydrogen-bond donors (Lipinski definition) is 2. The van der Waals surface area contributed by atoms with E-state index >= 15 is 0 Å². The summed E-state index contributed by atoms with van der Waals surface area (Å²) in [6, 6.07) is 16.9. The first-order chi connectivity index (χ1) is 13.0. The number of rotatable bonds is 4. The van der Waals surface area contributed by atoms with Gasteiger partial charge in [0.1, 0.15) is 29.3 Å². The maximum atomic E-state index is 11.2. The van der Waals surface area contributed by atoms with E-state index < -0.39 is 0 Å². The number of methoxy groups -OCH3 is 1. The summed E-state index contributed by atoms with van der Waals surface area (Å²) in [6.45, 7) is 0. The van der Waals surface area contributed by atoms with Gasteiger partial charge in [-0.15, -0.1) is 0 Å². The summed E-state index contributed by atoms with van der Waals surface area (Å²) >= 11 is 0. The quantitative estimate of drug-likeness (QED) is 0.682. The Labute approximate surface area is 155 Å². The maximum Gasteiger partial charge on any atom is 0.128 e. The Morgan fingerprint density at radius 1 is 1.11 bits per heavy atom. The zero-order valence-corrected chi connectivity index (χ0v) is 14.2. The van der Waals surface area contributed by atoms with Gasteiger partial charge in [-0.2, -0.15) is 10.5 Å². The topological polar surface area (TPSA) is 134 Å². The highest BCUT2D eigenvalue weighted by molar-refractivity contribution is 5.81. The Kier molecular flexibility index (Phi) is 4.69. The number of benzene rings is 2. The van der Waals surface area contributed by atoms with Crippen LogP contribution in [0.2, 0.25) is 0 Å². The van der Waals surface area contributed by atoms with Crippen molar-refractivity contribution in [2.75, 3.05) is 18.1 Å². The maximum absolute atomic E-state index is 11.2. The molecule has 134 valence electrons. The van der Waals surface area contributed by atoms with Gasteiger partial charge in [-0.25, -0.2) is 0 Å². The molecule has 0 spiro atoms. The molecule has 27 heavy (non-hydrogen) atoms. The third-order valence-corrected chi connectivity index (χ3v) is 4.10. The van der Waals surface area contributed by atoms with E-state index in [0.717, 1.165) is 0 Å². The van der Waals surface area contributed by atoms with Crippen molar-refractivity contribution in [2.24, 2.45) is 0 Å². The number of nitrogens with zero attached hydrogens (tertiary/aromatic N) is 4. The van der Waals surface area contributed by atoms with Crippen molar-refractivity contribution in [3.05, 3.63) is 64.9 Å². The van der Waals surface area contributed by atoms with Crippen LogP contribution in [0.25, 0.3) is 16.9 Å². The molecular formula is C19H14N5O3-. The first kappa shape index (κ1) is 17.8. The summed E-state index contributed by atoms with van der Waals surface area (Å²) in [5, 5.41) is 39.3. The lowest BCUT2D eigenvalue weighted by Gasteiger charge is -2.22. The SMILES string of the molecule is COc1ccc(-n2c(N)c(C#N)c(C#N)c2-c2cccc(N([O-])O)c2)cc1. The van der Waals surface area contributed by atoms with E-state index in [9.17, 15) is 20.9 Å². The fraction of sp³-hybridized carbons (Fsp3) is 0.0526. The molecule has 0 atom stereocenters. The number of ether oxygens (including phenoxy) is 1. The molecule has 0 bridgehead atoms. The van der Waals surface area contributed by atoms with Crippen LogP contribution in [0.5, 0.6) is 5.75 Å². The molecule has 8 nitrogen and oxygen atoms in total. The molecule has 0 amide bonds. The molecule has 0 saturated carbocycles. The summed E-state index contributed by atoms with van der Waals surface area (Å²) < 4.78 is 6.71. The van der Waals surface area contributed by atoms with Crippen LogP contribution in [-0.2, 0) is 0 Å². The van der Waals surface area contributed by atoms with E-state index in [2.05, 4.69) is 0 Å². The van der Waals surface area contributed by atoms with Gasteiger partial charge in [-0.3, -0.25) is 9.77 Å². The summed E-state index contributed by atoms with van der Waals surface area (Å²) in [6.07, 6.45) is 0. The highest BCUT2D eigenvalue weighted by Gasteiger charge is 2.23. The Hall–Kier alpha value is -3.98. The van der Waals surface area contributed by atoms with Crippen molar-refractivity contribution >= 4 is 11.5 Å². The third-order valence-electron chi connectivity index (χ3n) is 4.10. The Morgan fingerprint density at radius 3 is 2.33 bits per heavy atom. The smallest absolute Gasteiger partial charge is 0.128 e. The summed E-state index contributed by atoms with van der Waals surface area (Å²) in [7, 11) is 1.54. The summed E-state index contributed by atoms with van der Waals surface area (Å²) in [5.74, 6) is 0.735. The first-order valence-electron chi connectivity index (χ1n) is 7.77. The third kappa shape index (κ3) is 3.02. The lowest BCUT2D eigenvalue weighted by atomic mass is 10.1. The molecule has 0 aliphatic carbocycles. The van der Waals surface area contributed by atoms with Crippen LogP contribution in [-0.4, -0.2) is 16.9 Å². The van der Waals surface area contributed by atoms with Gasteiger partial charge >= 0.3 is 0 Å². The molecular weight excluding hydrogens is 346 g/mol. The molecule has 0 aliphatic rings. The number of hydrogen-bond acceptors (Lipinski definition) is 7. The molecule has 8 heteroatoms. The standard InChI is InChI=1S/C19H14N5O3/c1-27-15-7-5-13(6-8-15)23-18(16(10-20)17(11-21)19(23)22)12-3-2-4-14(9-12)24(25)26/h2-9,25H,22H2,1H3/q-1. The van der Waals surface area contributed by atoms with Gasteiger partial charge in [-0.05, 0) is 36.4 Å². The lowest BCUT2D eigenvalue weighted by Crippen LogP contribution is -2.07. The Balaban J connectivity index is 2.34. The van der Waals surface area contributed by atoms with Crippen LogP contribution >= 0.6 is 0 Å². The summed E-state index contributed by atoms with van der Waals surface area (Å²) in [4.78, 5) is 0. The average molecular weight is 360 g/mol. The summed E-state index contributed by atoms with van der Waals surface area (Å²) in [5.41, 5.74) is 7.67. The molecule has 0 fully saturated rings. The lowest BCUT2D eigenvalue weighted by molar-refractivity contribution is 0.296. The van der Waals surface area contributed by atoms with Gasteiger partial charge in [-0.1, -0.05) is 12.1 Å². The predicted molar refractivity (Wildman–Crippen MR) is 99.2 cm³/mol. The van der Waals surface area contributed by atoms with Gasteiger partial charge in [0.2, 0.25) is 0 Å². The van der Waals surface area contributed by atoms with Crippen LogP contribution in [0.15, 0.2) is 48.5 Å². The monoisotopic (exact) mass is 360 g/mol. The van der Waals surface area contributed by atoms with Gasteiger partial charge in [0.25, 0.3) is 0 Å². The van der Waals surface area contributed by atoms with Gasteiger partial charge in [0.05, 0.1) is 24.1 Å². The number of nitriles is 2. The van der Waals surface area contributed by atoms with Crippen LogP contribution in [0.3, 0.4) is 0 Å². The number of nitrogens with two attached hydrogens (primary N) is 1. The number of anilines is 2. The van der Waals surface area contributed by atoms with Crippen LogP contribution in [0, 0.1) is 27.9 Å². The van der Waals surface area contributed by atoms with Crippen LogP contribution in [0.4, 0.5) is 11.5 Å². The van der Waals surface area contributed by atoms with Gasteiger partial charge in [0, 0.05) is 11.3 Å². The van der Waals surface area contributed by atoms with Crippen molar-refractivity contribution in [3.63, 3.8) is 0 Å². The number of aromatic nitrogens is 1. The minimum atomic E-state index is -0.273. The van der Waals surface area contributed by atoms with E-state index in [4.69, 9.17) is 10.5 Å². The van der Waals surface area contributed by atoms with Crippen molar-refractivity contribution in [1.29, 1.82) is 10.5 Å². The zero-order chi connectivity index (χ0) is 19.6. The van der Waals surface area contributed by atoms with E-state index in [-0.39, 0.29) is 27.9 Å².